The summed E-state index contributed by atoms with van der Waals surface area (Å²) < 4.78 is 10.9. The van der Waals surface area contributed by atoms with Crippen molar-refractivity contribution in [2.45, 2.75) is 27.2 Å². The van der Waals surface area contributed by atoms with Gasteiger partial charge in [-0.25, -0.2) is 0 Å². The first-order valence-electron chi connectivity index (χ1n) is 9.43. The topological polar surface area (TPSA) is 76.7 Å². The van der Waals surface area contributed by atoms with Gasteiger partial charge in [0, 0.05) is 13.1 Å². The molecular weight excluding hydrogens is 356 g/mol. The minimum atomic E-state index is -0.223. The van der Waals surface area contributed by atoms with Gasteiger partial charge < -0.3 is 20.1 Å². The molecule has 2 aromatic carbocycles. The van der Waals surface area contributed by atoms with Crippen LogP contribution in [0.4, 0.5) is 0 Å². The van der Waals surface area contributed by atoms with Crippen LogP contribution in [0, 0.1) is 13.8 Å². The van der Waals surface area contributed by atoms with Crippen molar-refractivity contribution in [3.8, 4) is 11.5 Å². The highest BCUT2D eigenvalue weighted by atomic mass is 16.5. The second-order valence-corrected chi connectivity index (χ2v) is 6.49. The molecule has 0 fully saturated rings. The zero-order chi connectivity index (χ0) is 20.4. The van der Waals surface area contributed by atoms with Gasteiger partial charge in [-0.1, -0.05) is 18.2 Å². The largest absolute Gasteiger partial charge is 0.494 e. The van der Waals surface area contributed by atoms with E-state index in [9.17, 15) is 9.59 Å². The van der Waals surface area contributed by atoms with Crippen LogP contribution in [0.5, 0.6) is 11.5 Å². The summed E-state index contributed by atoms with van der Waals surface area (Å²) in [7, 11) is 0. The van der Waals surface area contributed by atoms with E-state index in [1.165, 1.54) is 5.56 Å². The number of amides is 2. The minimum absolute atomic E-state index is 0.0529. The maximum absolute atomic E-state index is 12.0. The number of hydrogen-bond donors (Lipinski definition) is 2. The van der Waals surface area contributed by atoms with Gasteiger partial charge >= 0.3 is 0 Å². The number of hydrogen-bond acceptors (Lipinski definition) is 4. The molecule has 0 aliphatic rings. The lowest BCUT2D eigenvalue weighted by molar-refractivity contribution is -0.124. The molecule has 0 atom stereocenters. The van der Waals surface area contributed by atoms with Crippen molar-refractivity contribution in [3.63, 3.8) is 0 Å². The van der Waals surface area contributed by atoms with Crippen molar-refractivity contribution in [3.05, 3.63) is 59.2 Å². The van der Waals surface area contributed by atoms with Gasteiger partial charge in [-0.2, -0.15) is 0 Å². The molecule has 2 rings (SSSR count). The van der Waals surface area contributed by atoms with Gasteiger partial charge in [0.05, 0.1) is 13.0 Å². The molecule has 2 N–H and O–H groups in total. The molecule has 150 valence electrons. The van der Waals surface area contributed by atoms with Gasteiger partial charge in [0.25, 0.3) is 5.91 Å². The molecule has 0 spiro atoms. The van der Waals surface area contributed by atoms with E-state index >= 15 is 0 Å². The summed E-state index contributed by atoms with van der Waals surface area (Å²) in [6.07, 6.45) is 0.288. The van der Waals surface area contributed by atoms with Crippen LogP contribution in [0.15, 0.2) is 42.5 Å². The normalized spacial score (nSPS) is 10.2. The Morgan fingerprint density at radius 1 is 0.821 bits per heavy atom. The number of rotatable bonds is 10. The van der Waals surface area contributed by atoms with E-state index in [0.29, 0.717) is 25.4 Å². The first-order valence-corrected chi connectivity index (χ1v) is 9.43. The molecule has 0 aromatic heterocycles. The quantitative estimate of drug-likeness (QED) is 0.617. The van der Waals surface area contributed by atoms with E-state index in [2.05, 4.69) is 10.6 Å². The monoisotopic (exact) mass is 384 g/mol. The maximum Gasteiger partial charge on any atom is 0.258 e. The number of aryl methyl sites for hydroxylation is 2. The average Bonchev–Trinajstić information content (AvgIpc) is 2.68. The summed E-state index contributed by atoms with van der Waals surface area (Å²) in [6.45, 7) is 7.23. The van der Waals surface area contributed by atoms with E-state index in [1.807, 2.05) is 63.2 Å². The molecule has 0 saturated carbocycles. The summed E-state index contributed by atoms with van der Waals surface area (Å²) in [5.74, 6) is 1.14. The fraction of sp³-hybridized carbons (Fsp3) is 0.364. The first kappa shape index (κ1) is 21.3. The van der Waals surface area contributed by atoms with Crippen LogP contribution in [0.2, 0.25) is 0 Å². The molecule has 0 unspecified atom stereocenters. The molecule has 0 bridgehead atoms. The molecule has 0 saturated heterocycles. The molecule has 0 aliphatic heterocycles. The van der Waals surface area contributed by atoms with E-state index in [0.717, 1.165) is 16.9 Å². The molecule has 6 nitrogen and oxygen atoms in total. The Balaban J connectivity index is 1.61. The molecular formula is C22H28N2O4. The standard InChI is InChI=1S/C22H28N2O4/c1-4-27-19-9-6-18(7-10-19)14-21(25)23-11-12-24-22(26)15-28-20-8-5-16(2)17(3)13-20/h5-10,13H,4,11-12,14-15H2,1-3H3,(H,23,25)(H,24,26). The SMILES string of the molecule is CCOc1ccc(CC(=O)NCCNC(=O)COc2ccc(C)c(C)c2)cc1. The van der Waals surface area contributed by atoms with E-state index in [1.54, 1.807) is 0 Å². The van der Waals surface area contributed by atoms with Crippen LogP contribution in [-0.2, 0) is 16.0 Å². The van der Waals surface area contributed by atoms with Crippen molar-refractivity contribution in [2.24, 2.45) is 0 Å². The Bertz CT molecular complexity index is 788. The maximum atomic E-state index is 12.0. The van der Waals surface area contributed by atoms with Crippen molar-refractivity contribution < 1.29 is 19.1 Å². The number of ether oxygens (including phenoxy) is 2. The van der Waals surface area contributed by atoms with Gasteiger partial charge in [-0.3, -0.25) is 9.59 Å². The van der Waals surface area contributed by atoms with Gasteiger partial charge in [0.15, 0.2) is 6.61 Å². The second kappa shape index (κ2) is 11.0. The summed E-state index contributed by atoms with van der Waals surface area (Å²) in [4.78, 5) is 23.8. The van der Waals surface area contributed by atoms with Gasteiger partial charge in [0.2, 0.25) is 5.91 Å². The third-order valence-corrected chi connectivity index (χ3v) is 4.22. The Labute approximate surface area is 166 Å². The van der Waals surface area contributed by atoms with Crippen LogP contribution < -0.4 is 20.1 Å². The zero-order valence-electron chi connectivity index (χ0n) is 16.7. The van der Waals surface area contributed by atoms with Crippen molar-refractivity contribution in [1.29, 1.82) is 0 Å². The van der Waals surface area contributed by atoms with Crippen molar-refractivity contribution >= 4 is 11.8 Å². The highest BCUT2D eigenvalue weighted by Gasteiger charge is 2.06. The summed E-state index contributed by atoms with van der Waals surface area (Å²) >= 11 is 0. The Morgan fingerprint density at radius 3 is 2.11 bits per heavy atom. The van der Waals surface area contributed by atoms with Crippen LogP contribution in [-0.4, -0.2) is 38.1 Å². The van der Waals surface area contributed by atoms with Crippen molar-refractivity contribution in [2.75, 3.05) is 26.3 Å². The Morgan fingerprint density at radius 2 is 1.46 bits per heavy atom. The molecule has 28 heavy (non-hydrogen) atoms. The van der Waals surface area contributed by atoms with Gasteiger partial charge in [-0.15, -0.1) is 0 Å². The number of benzene rings is 2. The van der Waals surface area contributed by atoms with Crippen molar-refractivity contribution in [1.82, 2.24) is 10.6 Å². The highest BCUT2D eigenvalue weighted by molar-refractivity contribution is 5.79. The van der Waals surface area contributed by atoms with E-state index in [-0.39, 0.29) is 24.8 Å². The first-order chi connectivity index (χ1) is 13.5. The van der Waals surface area contributed by atoms with E-state index < -0.39 is 0 Å². The Hall–Kier alpha value is -3.02. The predicted octanol–water partition coefficient (Wildman–Crippen LogP) is 2.56. The second-order valence-electron chi connectivity index (χ2n) is 6.49. The van der Waals surface area contributed by atoms with Crippen LogP contribution in [0.25, 0.3) is 0 Å². The van der Waals surface area contributed by atoms with Gasteiger partial charge in [0.1, 0.15) is 11.5 Å². The number of carbonyl (C=O) groups excluding carboxylic acids is 2. The molecule has 0 radical (unpaired) electrons. The van der Waals surface area contributed by atoms with Crippen LogP contribution in [0.3, 0.4) is 0 Å². The molecule has 6 heteroatoms. The molecule has 0 aliphatic carbocycles. The third kappa shape index (κ3) is 7.31. The number of carbonyl (C=O) groups is 2. The fourth-order valence-corrected chi connectivity index (χ4v) is 2.53. The number of nitrogens with one attached hydrogen (secondary N) is 2. The van der Waals surface area contributed by atoms with Gasteiger partial charge in [-0.05, 0) is 61.7 Å². The molecule has 2 amide bonds. The lowest BCUT2D eigenvalue weighted by Crippen LogP contribution is -2.37. The molecule has 0 heterocycles. The van der Waals surface area contributed by atoms with E-state index in [4.69, 9.17) is 9.47 Å². The van der Waals surface area contributed by atoms with Crippen LogP contribution >= 0.6 is 0 Å². The Kier molecular flexibility index (Phi) is 8.34. The summed E-state index contributed by atoms with van der Waals surface area (Å²) in [5.41, 5.74) is 3.21. The highest BCUT2D eigenvalue weighted by Crippen LogP contribution is 2.16. The minimum Gasteiger partial charge on any atom is -0.494 e. The summed E-state index contributed by atoms with van der Waals surface area (Å²) in [5, 5.41) is 5.51. The van der Waals surface area contributed by atoms with Crippen LogP contribution in [0.1, 0.15) is 23.6 Å². The summed E-state index contributed by atoms with van der Waals surface area (Å²) in [6, 6.07) is 13.2. The smallest absolute Gasteiger partial charge is 0.258 e. The lowest BCUT2D eigenvalue weighted by Gasteiger charge is -2.10. The average molecular weight is 384 g/mol. The lowest BCUT2D eigenvalue weighted by atomic mass is 10.1. The molecule has 2 aromatic rings. The third-order valence-electron chi connectivity index (χ3n) is 4.22. The predicted molar refractivity (Wildman–Crippen MR) is 109 cm³/mol. The fourth-order valence-electron chi connectivity index (χ4n) is 2.53. The zero-order valence-corrected chi connectivity index (χ0v) is 16.7.